The molecule has 7 heteroatoms. The Balaban J connectivity index is 1.68. The van der Waals surface area contributed by atoms with E-state index in [-0.39, 0.29) is 12.5 Å². The van der Waals surface area contributed by atoms with Gasteiger partial charge in [-0.25, -0.2) is 4.68 Å². The van der Waals surface area contributed by atoms with E-state index < -0.39 is 6.10 Å². The van der Waals surface area contributed by atoms with Gasteiger partial charge in [-0.2, -0.15) is 5.10 Å². The molecule has 0 radical (unpaired) electrons. The Labute approximate surface area is 139 Å². The van der Waals surface area contributed by atoms with Crippen molar-refractivity contribution in [3.05, 3.63) is 23.6 Å². The van der Waals surface area contributed by atoms with Crippen LogP contribution in [0.15, 0.2) is 23.6 Å². The number of hydrogen-bond donors (Lipinski definition) is 2. The molecule has 1 atom stereocenters. The van der Waals surface area contributed by atoms with Gasteiger partial charge >= 0.3 is 0 Å². The molecule has 1 unspecified atom stereocenters. The van der Waals surface area contributed by atoms with Gasteiger partial charge < -0.3 is 15.2 Å². The predicted octanol–water partition coefficient (Wildman–Crippen LogP) is 2.36. The molecule has 0 aliphatic heterocycles. The molecule has 2 N–H and O–H groups in total. The third-order valence-corrected chi connectivity index (χ3v) is 4.66. The molecule has 1 aliphatic carbocycles. The summed E-state index contributed by atoms with van der Waals surface area (Å²) in [5.41, 5.74) is 0.787. The summed E-state index contributed by atoms with van der Waals surface area (Å²) in [6.45, 7) is 2.69. The number of ether oxygens (including phenoxy) is 1. The highest BCUT2D eigenvalue weighted by atomic mass is 32.1. The fourth-order valence-electron chi connectivity index (χ4n) is 2.20. The van der Waals surface area contributed by atoms with Crippen molar-refractivity contribution in [3.8, 4) is 10.6 Å². The van der Waals surface area contributed by atoms with E-state index in [4.69, 9.17) is 4.74 Å². The minimum absolute atomic E-state index is 0.0395. The summed E-state index contributed by atoms with van der Waals surface area (Å²) in [5, 5.41) is 18.5. The largest absolute Gasteiger partial charge is 0.394 e. The van der Waals surface area contributed by atoms with Gasteiger partial charge in [0.15, 0.2) is 0 Å². The van der Waals surface area contributed by atoms with E-state index in [0.717, 1.165) is 10.6 Å². The number of aliphatic hydroxyl groups is 1. The molecule has 1 amide bonds. The monoisotopic (exact) mass is 335 g/mol. The van der Waals surface area contributed by atoms with E-state index >= 15 is 0 Å². The van der Waals surface area contributed by atoms with Crippen LogP contribution in [-0.4, -0.2) is 40.1 Å². The lowest BCUT2D eigenvalue weighted by Crippen LogP contribution is -2.29. The first-order chi connectivity index (χ1) is 11.2. The topological polar surface area (TPSA) is 76.4 Å². The number of thiophene rings is 1. The zero-order valence-corrected chi connectivity index (χ0v) is 13.9. The molecule has 2 aromatic heterocycles. The van der Waals surface area contributed by atoms with Gasteiger partial charge in [-0.3, -0.25) is 4.79 Å². The second-order valence-electron chi connectivity index (χ2n) is 5.75. The molecule has 0 saturated heterocycles. The Morgan fingerprint density at radius 3 is 3.09 bits per heavy atom. The number of anilines is 1. The molecule has 1 aliphatic rings. The third kappa shape index (κ3) is 4.19. The van der Waals surface area contributed by atoms with E-state index in [1.807, 2.05) is 23.6 Å². The van der Waals surface area contributed by atoms with Gasteiger partial charge in [-0.1, -0.05) is 6.07 Å². The second-order valence-corrected chi connectivity index (χ2v) is 6.69. The van der Waals surface area contributed by atoms with E-state index in [1.165, 1.54) is 12.8 Å². The SMILES string of the molecule is CC(OCC1CC1)C(=O)Nc1cc(-c2cccs2)nn1CCO. The Hall–Kier alpha value is -1.70. The Morgan fingerprint density at radius 1 is 1.61 bits per heavy atom. The molecule has 1 fully saturated rings. The van der Waals surface area contributed by atoms with Gasteiger partial charge in [-0.15, -0.1) is 11.3 Å². The number of nitrogens with one attached hydrogen (secondary N) is 1. The molecule has 3 rings (SSSR count). The van der Waals surface area contributed by atoms with Gasteiger partial charge in [0.05, 0.1) is 24.6 Å². The van der Waals surface area contributed by atoms with Gasteiger partial charge in [-0.05, 0) is 37.1 Å². The quantitative estimate of drug-likeness (QED) is 0.776. The molecular weight excluding hydrogens is 314 g/mol. The van der Waals surface area contributed by atoms with E-state index in [1.54, 1.807) is 22.9 Å². The maximum atomic E-state index is 12.3. The highest BCUT2D eigenvalue weighted by molar-refractivity contribution is 7.13. The van der Waals surface area contributed by atoms with Gasteiger partial charge in [0.2, 0.25) is 0 Å². The number of amides is 1. The summed E-state index contributed by atoms with van der Waals surface area (Å²) in [6.07, 6.45) is 1.89. The highest BCUT2D eigenvalue weighted by Crippen LogP contribution is 2.29. The average molecular weight is 335 g/mol. The van der Waals surface area contributed by atoms with Crippen LogP contribution in [0.1, 0.15) is 19.8 Å². The molecule has 0 aromatic carbocycles. The highest BCUT2D eigenvalue weighted by Gasteiger charge is 2.24. The Bertz CT molecular complexity index is 650. The molecular formula is C16H21N3O3S. The van der Waals surface area contributed by atoms with Crippen LogP contribution < -0.4 is 5.32 Å². The molecule has 1 saturated carbocycles. The van der Waals surface area contributed by atoms with Crippen molar-refractivity contribution < 1.29 is 14.6 Å². The van der Waals surface area contributed by atoms with Crippen LogP contribution in [0.25, 0.3) is 10.6 Å². The van der Waals surface area contributed by atoms with E-state index in [9.17, 15) is 9.90 Å². The average Bonchev–Trinajstić information content (AvgIpc) is 3.05. The smallest absolute Gasteiger partial charge is 0.254 e. The zero-order chi connectivity index (χ0) is 16.2. The molecule has 0 bridgehead atoms. The van der Waals surface area contributed by atoms with Gasteiger partial charge in [0.1, 0.15) is 17.6 Å². The number of aromatic nitrogens is 2. The van der Waals surface area contributed by atoms with Crippen LogP contribution in [0.4, 0.5) is 5.82 Å². The second kappa shape index (κ2) is 7.25. The molecule has 23 heavy (non-hydrogen) atoms. The van der Waals surface area contributed by atoms with Crippen molar-refractivity contribution in [2.75, 3.05) is 18.5 Å². The zero-order valence-electron chi connectivity index (χ0n) is 13.1. The van der Waals surface area contributed by atoms with Crippen LogP contribution in [0.5, 0.6) is 0 Å². The van der Waals surface area contributed by atoms with E-state index in [0.29, 0.717) is 24.9 Å². The van der Waals surface area contributed by atoms with Gasteiger partial charge in [0, 0.05) is 6.07 Å². The molecule has 2 heterocycles. The lowest BCUT2D eigenvalue weighted by Gasteiger charge is -2.13. The maximum absolute atomic E-state index is 12.3. The maximum Gasteiger partial charge on any atom is 0.254 e. The summed E-state index contributed by atoms with van der Waals surface area (Å²) in [4.78, 5) is 13.3. The van der Waals surface area contributed by atoms with Crippen molar-refractivity contribution in [1.82, 2.24) is 9.78 Å². The first kappa shape index (κ1) is 16.2. The first-order valence-electron chi connectivity index (χ1n) is 7.82. The van der Waals surface area contributed by atoms with Crippen LogP contribution >= 0.6 is 11.3 Å². The summed E-state index contributed by atoms with van der Waals surface area (Å²) < 4.78 is 7.20. The van der Waals surface area contributed by atoms with Crippen LogP contribution in [0.3, 0.4) is 0 Å². The predicted molar refractivity (Wildman–Crippen MR) is 89.4 cm³/mol. The third-order valence-electron chi connectivity index (χ3n) is 3.76. The fourth-order valence-corrected chi connectivity index (χ4v) is 2.88. The molecule has 124 valence electrons. The van der Waals surface area contributed by atoms with Crippen molar-refractivity contribution in [2.24, 2.45) is 5.92 Å². The van der Waals surface area contributed by atoms with E-state index in [2.05, 4.69) is 10.4 Å². The summed E-state index contributed by atoms with van der Waals surface area (Å²) in [7, 11) is 0. The normalized spacial score (nSPS) is 15.6. The Kier molecular flexibility index (Phi) is 5.09. The van der Waals surface area contributed by atoms with Crippen molar-refractivity contribution in [2.45, 2.75) is 32.4 Å². The van der Waals surface area contributed by atoms with Gasteiger partial charge in [0.25, 0.3) is 5.91 Å². The number of aliphatic hydroxyl groups excluding tert-OH is 1. The lowest BCUT2D eigenvalue weighted by molar-refractivity contribution is -0.126. The number of carbonyl (C=O) groups excluding carboxylic acids is 1. The summed E-state index contributed by atoms with van der Waals surface area (Å²) in [5.74, 6) is 1.01. The molecule has 6 nitrogen and oxygen atoms in total. The Morgan fingerprint density at radius 2 is 2.43 bits per heavy atom. The van der Waals surface area contributed by atoms with Crippen LogP contribution in [0.2, 0.25) is 0 Å². The van der Waals surface area contributed by atoms with Crippen molar-refractivity contribution in [3.63, 3.8) is 0 Å². The first-order valence-corrected chi connectivity index (χ1v) is 8.70. The minimum atomic E-state index is -0.502. The molecule has 0 spiro atoms. The number of hydrogen-bond acceptors (Lipinski definition) is 5. The number of nitrogens with zero attached hydrogens (tertiary/aromatic N) is 2. The minimum Gasteiger partial charge on any atom is -0.394 e. The number of carbonyl (C=O) groups is 1. The van der Waals surface area contributed by atoms with Crippen molar-refractivity contribution >= 4 is 23.1 Å². The molecule has 2 aromatic rings. The summed E-state index contributed by atoms with van der Waals surface area (Å²) in [6, 6.07) is 5.76. The summed E-state index contributed by atoms with van der Waals surface area (Å²) >= 11 is 1.58. The van der Waals surface area contributed by atoms with Crippen LogP contribution in [-0.2, 0) is 16.1 Å². The standard InChI is InChI=1S/C16H21N3O3S/c1-11(22-10-12-4-5-12)16(21)17-15-9-13(14-3-2-8-23-14)18-19(15)6-7-20/h2-3,8-9,11-12,20H,4-7,10H2,1H3,(H,17,21). The lowest BCUT2D eigenvalue weighted by atomic mass is 10.3. The number of rotatable bonds is 8. The van der Waals surface area contributed by atoms with Crippen molar-refractivity contribution in [1.29, 1.82) is 0 Å². The van der Waals surface area contributed by atoms with Crippen LogP contribution in [0, 0.1) is 5.92 Å². The fraction of sp³-hybridized carbons (Fsp3) is 0.500.